The number of benzene rings is 1. The summed E-state index contributed by atoms with van der Waals surface area (Å²) in [6.07, 6.45) is 11.2. The molecule has 1 aliphatic carbocycles. The maximum absolute atomic E-state index is 11.8. The standard InChI is InChI=1S/C18H24N2O2.C2H6/c19-13-5-4-6-15-9-11-17(12-10-15)22-14-18(21)20-16-7-2-1-3-8-16;1-2/h2,7-12H,1,3-6,13-14,19H2,(H,20,21);1-2H3. The number of carbonyl (C=O) groups excluding carboxylic acids is 1. The van der Waals surface area contributed by atoms with Gasteiger partial charge in [-0.15, -0.1) is 0 Å². The number of carbonyl (C=O) groups is 1. The number of hydrogen-bond acceptors (Lipinski definition) is 3. The summed E-state index contributed by atoms with van der Waals surface area (Å²) < 4.78 is 5.51. The molecule has 0 spiro atoms. The highest BCUT2D eigenvalue weighted by Crippen LogP contribution is 2.14. The third-order valence-corrected chi connectivity index (χ3v) is 3.49. The summed E-state index contributed by atoms with van der Waals surface area (Å²) >= 11 is 0. The van der Waals surface area contributed by atoms with E-state index >= 15 is 0 Å². The smallest absolute Gasteiger partial charge is 0.262 e. The lowest BCUT2D eigenvalue weighted by Gasteiger charge is -2.10. The van der Waals surface area contributed by atoms with E-state index in [0.717, 1.165) is 44.3 Å². The minimum absolute atomic E-state index is 0.0255. The van der Waals surface area contributed by atoms with Crippen LogP contribution in [-0.2, 0) is 11.2 Å². The van der Waals surface area contributed by atoms with Gasteiger partial charge in [-0.2, -0.15) is 0 Å². The van der Waals surface area contributed by atoms with Gasteiger partial charge < -0.3 is 15.8 Å². The summed E-state index contributed by atoms with van der Waals surface area (Å²) in [5, 5.41) is 2.83. The van der Waals surface area contributed by atoms with E-state index in [-0.39, 0.29) is 12.5 Å². The molecular formula is C20H30N2O2. The average Bonchev–Trinajstić information content (AvgIpc) is 2.64. The number of allylic oxidation sites excluding steroid dienone is 3. The second-order valence-corrected chi connectivity index (χ2v) is 5.37. The Kier molecular flexibility index (Phi) is 10.3. The Morgan fingerprint density at radius 3 is 2.54 bits per heavy atom. The lowest BCUT2D eigenvalue weighted by Crippen LogP contribution is -2.28. The average molecular weight is 330 g/mol. The van der Waals surface area contributed by atoms with Gasteiger partial charge in [0.15, 0.2) is 6.61 Å². The number of hydrogen-bond donors (Lipinski definition) is 2. The van der Waals surface area contributed by atoms with Crippen molar-refractivity contribution < 1.29 is 9.53 Å². The van der Waals surface area contributed by atoms with Crippen molar-refractivity contribution in [1.82, 2.24) is 5.32 Å². The monoisotopic (exact) mass is 330 g/mol. The van der Waals surface area contributed by atoms with Crippen LogP contribution in [0.1, 0.15) is 45.1 Å². The molecule has 4 nitrogen and oxygen atoms in total. The molecule has 0 aliphatic heterocycles. The molecule has 0 fully saturated rings. The molecule has 4 heteroatoms. The Labute approximate surface area is 145 Å². The molecule has 132 valence electrons. The Morgan fingerprint density at radius 1 is 1.17 bits per heavy atom. The fourth-order valence-electron chi connectivity index (χ4n) is 2.28. The van der Waals surface area contributed by atoms with Gasteiger partial charge in [0.05, 0.1) is 0 Å². The molecule has 0 saturated carbocycles. The molecule has 0 unspecified atom stereocenters. The van der Waals surface area contributed by atoms with Crippen molar-refractivity contribution >= 4 is 5.91 Å². The highest BCUT2D eigenvalue weighted by atomic mass is 16.5. The van der Waals surface area contributed by atoms with Crippen molar-refractivity contribution in [3.63, 3.8) is 0 Å². The summed E-state index contributed by atoms with van der Waals surface area (Å²) in [7, 11) is 0. The molecule has 1 amide bonds. The van der Waals surface area contributed by atoms with Gasteiger partial charge >= 0.3 is 0 Å². The van der Waals surface area contributed by atoms with E-state index in [1.54, 1.807) is 0 Å². The molecule has 0 radical (unpaired) electrons. The van der Waals surface area contributed by atoms with Crippen LogP contribution in [0.4, 0.5) is 0 Å². The lowest BCUT2D eigenvalue weighted by molar-refractivity contribution is -0.122. The van der Waals surface area contributed by atoms with Crippen LogP contribution in [0.25, 0.3) is 0 Å². The van der Waals surface area contributed by atoms with Crippen molar-refractivity contribution in [2.45, 2.75) is 46.0 Å². The first-order valence-corrected chi connectivity index (χ1v) is 8.86. The van der Waals surface area contributed by atoms with Gasteiger partial charge in [-0.25, -0.2) is 0 Å². The highest BCUT2D eigenvalue weighted by molar-refractivity contribution is 5.79. The largest absolute Gasteiger partial charge is 0.484 e. The van der Waals surface area contributed by atoms with E-state index in [0.29, 0.717) is 5.75 Å². The zero-order valence-corrected chi connectivity index (χ0v) is 14.9. The van der Waals surface area contributed by atoms with Crippen molar-refractivity contribution in [3.05, 3.63) is 53.8 Å². The summed E-state index contributed by atoms with van der Waals surface area (Å²) in [5.74, 6) is 0.579. The van der Waals surface area contributed by atoms with Crippen molar-refractivity contribution in [3.8, 4) is 5.75 Å². The van der Waals surface area contributed by atoms with Crippen molar-refractivity contribution in [1.29, 1.82) is 0 Å². The summed E-state index contributed by atoms with van der Waals surface area (Å²) in [4.78, 5) is 11.8. The molecule has 1 aromatic rings. The van der Waals surface area contributed by atoms with E-state index < -0.39 is 0 Å². The molecule has 3 N–H and O–H groups in total. The zero-order chi connectivity index (χ0) is 17.6. The molecule has 24 heavy (non-hydrogen) atoms. The molecule has 0 aromatic heterocycles. The van der Waals surface area contributed by atoms with Gasteiger partial charge in [-0.05, 0) is 62.4 Å². The minimum atomic E-state index is -0.134. The van der Waals surface area contributed by atoms with Crippen molar-refractivity contribution in [2.75, 3.05) is 13.2 Å². The number of ether oxygens (including phenoxy) is 1. The minimum Gasteiger partial charge on any atom is -0.484 e. The molecule has 1 aliphatic rings. The topological polar surface area (TPSA) is 64.3 Å². The molecule has 1 aromatic carbocycles. The van der Waals surface area contributed by atoms with Gasteiger partial charge in [0.2, 0.25) is 0 Å². The van der Waals surface area contributed by atoms with Crippen LogP contribution in [0, 0.1) is 0 Å². The van der Waals surface area contributed by atoms with E-state index in [4.69, 9.17) is 10.5 Å². The second-order valence-electron chi connectivity index (χ2n) is 5.37. The van der Waals surface area contributed by atoms with Crippen LogP contribution in [0.3, 0.4) is 0 Å². The van der Waals surface area contributed by atoms with Gasteiger partial charge in [-0.1, -0.05) is 38.1 Å². The first-order valence-electron chi connectivity index (χ1n) is 8.86. The van der Waals surface area contributed by atoms with Gasteiger partial charge in [-0.3, -0.25) is 4.79 Å². The number of unbranched alkanes of at least 4 members (excludes halogenated alkanes) is 1. The van der Waals surface area contributed by atoms with Gasteiger partial charge in [0.25, 0.3) is 5.91 Å². The normalized spacial score (nSPS) is 12.7. The quantitative estimate of drug-likeness (QED) is 0.714. The maximum atomic E-state index is 11.8. The fraction of sp³-hybridized carbons (Fsp3) is 0.450. The second kappa shape index (κ2) is 12.4. The third-order valence-electron chi connectivity index (χ3n) is 3.49. The van der Waals surface area contributed by atoms with Crippen LogP contribution in [0.15, 0.2) is 48.2 Å². The number of aryl methyl sites for hydroxylation is 1. The predicted molar refractivity (Wildman–Crippen MR) is 99.9 cm³/mol. The molecular weight excluding hydrogens is 300 g/mol. The summed E-state index contributed by atoms with van der Waals surface area (Å²) in [5.41, 5.74) is 7.61. The van der Waals surface area contributed by atoms with Crippen LogP contribution in [0.5, 0.6) is 5.75 Å². The van der Waals surface area contributed by atoms with Crippen LogP contribution in [-0.4, -0.2) is 19.1 Å². The molecule has 2 rings (SSSR count). The van der Waals surface area contributed by atoms with E-state index in [1.807, 2.05) is 50.3 Å². The summed E-state index contributed by atoms with van der Waals surface area (Å²) in [6, 6.07) is 7.89. The SMILES string of the molecule is CC.NCCCCc1ccc(OCC(=O)NC2=CCCC=C2)cc1. The zero-order valence-electron chi connectivity index (χ0n) is 14.9. The van der Waals surface area contributed by atoms with Crippen molar-refractivity contribution in [2.24, 2.45) is 5.73 Å². The third kappa shape index (κ3) is 7.97. The highest BCUT2D eigenvalue weighted by Gasteiger charge is 2.05. The Morgan fingerprint density at radius 2 is 1.92 bits per heavy atom. The Balaban J connectivity index is 0.00000139. The van der Waals surface area contributed by atoms with Gasteiger partial charge in [0.1, 0.15) is 5.75 Å². The lowest BCUT2D eigenvalue weighted by atomic mass is 10.1. The molecule has 0 heterocycles. The molecule has 0 atom stereocenters. The number of rotatable bonds is 8. The molecule has 0 saturated heterocycles. The molecule has 0 bridgehead atoms. The summed E-state index contributed by atoms with van der Waals surface area (Å²) in [6.45, 7) is 4.76. The van der Waals surface area contributed by atoms with Crippen LogP contribution in [0.2, 0.25) is 0 Å². The van der Waals surface area contributed by atoms with E-state index in [2.05, 4.69) is 11.4 Å². The van der Waals surface area contributed by atoms with Crippen LogP contribution >= 0.6 is 0 Å². The number of nitrogens with one attached hydrogen (secondary N) is 1. The van der Waals surface area contributed by atoms with Gasteiger partial charge in [0, 0.05) is 5.70 Å². The first kappa shape index (κ1) is 20.0. The predicted octanol–water partition coefficient (Wildman–Crippen LogP) is 3.72. The first-order chi connectivity index (χ1) is 11.8. The number of amides is 1. The fourth-order valence-corrected chi connectivity index (χ4v) is 2.28. The maximum Gasteiger partial charge on any atom is 0.262 e. The Hall–Kier alpha value is -2.07. The van der Waals surface area contributed by atoms with E-state index in [1.165, 1.54) is 5.56 Å². The number of nitrogens with two attached hydrogens (primary N) is 1. The van der Waals surface area contributed by atoms with E-state index in [9.17, 15) is 4.79 Å². The Bertz CT molecular complexity index is 533. The van der Waals surface area contributed by atoms with Crippen LogP contribution < -0.4 is 15.8 Å².